The van der Waals surface area contributed by atoms with Gasteiger partial charge in [-0.05, 0) is 44.2 Å². The molecule has 0 aromatic carbocycles. The molecule has 22 heavy (non-hydrogen) atoms. The molecule has 2 aromatic rings. The van der Waals surface area contributed by atoms with Gasteiger partial charge in [-0.15, -0.1) is 0 Å². The van der Waals surface area contributed by atoms with Crippen molar-refractivity contribution in [2.45, 2.75) is 38.8 Å². The minimum atomic E-state index is -0.235. The summed E-state index contributed by atoms with van der Waals surface area (Å²) in [7, 11) is 0. The van der Waals surface area contributed by atoms with Crippen molar-refractivity contribution in [3.05, 3.63) is 42.4 Å². The first kappa shape index (κ1) is 14.6. The minimum absolute atomic E-state index is 0.106. The Balaban J connectivity index is 1.61. The number of anilines is 1. The summed E-state index contributed by atoms with van der Waals surface area (Å²) in [6.07, 6.45) is 7.67. The summed E-state index contributed by atoms with van der Waals surface area (Å²) >= 11 is 0. The van der Waals surface area contributed by atoms with Crippen LogP contribution in [0.3, 0.4) is 0 Å². The molecule has 2 N–H and O–H groups in total. The van der Waals surface area contributed by atoms with Crippen LogP contribution in [0.1, 0.15) is 44.3 Å². The third-order valence-electron chi connectivity index (χ3n) is 4.13. The van der Waals surface area contributed by atoms with Crippen molar-refractivity contribution in [2.75, 3.05) is 5.32 Å². The number of amides is 2. The van der Waals surface area contributed by atoms with Crippen LogP contribution in [0, 0.1) is 5.92 Å². The van der Waals surface area contributed by atoms with E-state index in [1.165, 1.54) is 12.8 Å². The Hall–Kier alpha value is -2.37. The number of urea groups is 1. The van der Waals surface area contributed by atoms with E-state index in [4.69, 9.17) is 0 Å². The van der Waals surface area contributed by atoms with E-state index in [2.05, 4.69) is 27.6 Å². The van der Waals surface area contributed by atoms with Crippen LogP contribution >= 0.6 is 0 Å². The third-order valence-corrected chi connectivity index (χ3v) is 4.13. The quantitative estimate of drug-likeness (QED) is 0.891. The maximum Gasteiger partial charge on any atom is 0.320 e. The smallest absolute Gasteiger partial charge is 0.320 e. The topological polar surface area (TPSA) is 71.8 Å². The molecule has 0 saturated heterocycles. The van der Waals surface area contributed by atoms with Gasteiger partial charge < -0.3 is 5.32 Å². The largest absolute Gasteiger partial charge is 0.331 e. The van der Waals surface area contributed by atoms with Gasteiger partial charge in [0.15, 0.2) is 0 Å². The van der Waals surface area contributed by atoms with Gasteiger partial charge in [-0.2, -0.15) is 5.10 Å². The number of nitrogens with one attached hydrogen (secondary N) is 2. The fraction of sp³-hybridized carbons (Fsp3) is 0.438. The van der Waals surface area contributed by atoms with E-state index in [0.29, 0.717) is 12.0 Å². The lowest BCUT2D eigenvalue weighted by molar-refractivity contribution is 0.249. The van der Waals surface area contributed by atoms with E-state index in [-0.39, 0.29) is 12.1 Å². The summed E-state index contributed by atoms with van der Waals surface area (Å²) in [6, 6.07) is 5.61. The summed E-state index contributed by atoms with van der Waals surface area (Å²) in [6.45, 7) is 4.08. The summed E-state index contributed by atoms with van der Waals surface area (Å²) in [5.74, 6) is 1.41. The van der Waals surface area contributed by atoms with E-state index in [1.54, 1.807) is 18.6 Å². The van der Waals surface area contributed by atoms with Crippen molar-refractivity contribution in [1.29, 1.82) is 0 Å². The van der Waals surface area contributed by atoms with Gasteiger partial charge in [0.25, 0.3) is 0 Å². The van der Waals surface area contributed by atoms with Crippen molar-refractivity contribution in [1.82, 2.24) is 20.1 Å². The molecule has 1 aliphatic rings. The number of hydrogen-bond donors (Lipinski definition) is 2. The summed E-state index contributed by atoms with van der Waals surface area (Å²) in [5.41, 5.74) is 0.970. The van der Waals surface area contributed by atoms with Crippen LogP contribution in [0.2, 0.25) is 0 Å². The minimum Gasteiger partial charge on any atom is -0.331 e. The zero-order valence-electron chi connectivity index (χ0n) is 12.9. The number of pyridine rings is 1. The molecular formula is C16H21N5O. The molecule has 2 aromatic heterocycles. The van der Waals surface area contributed by atoms with Crippen LogP contribution in [0.15, 0.2) is 36.8 Å². The van der Waals surface area contributed by atoms with Gasteiger partial charge in [0, 0.05) is 18.5 Å². The molecule has 6 nitrogen and oxygen atoms in total. The Kier molecular flexibility index (Phi) is 4.09. The molecule has 0 spiro atoms. The average molecular weight is 299 g/mol. The van der Waals surface area contributed by atoms with Gasteiger partial charge in [-0.25, -0.2) is 9.48 Å². The van der Waals surface area contributed by atoms with Crippen LogP contribution in [0.25, 0.3) is 0 Å². The van der Waals surface area contributed by atoms with Gasteiger partial charge in [0.2, 0.25) is 0 Å². The molecule has 0 radical (unpaired) electrons. The van der Waals surface area contributed by atoms with Gasteiger partial charge >= 0.3 is 6.03 Å². The predicted molar refractivity (Wildman–Crippen MR) is 84.5 cm³/mol. The maximum atomic E-state index is 12.2. The predicted octanol–water partition coefficient (Wildman–Crippen LogP) is 3.13. The Morgan fingerprint density at radius 1 is 1.32 bits per heavy atom. The van der Waals surface area contributed by atoms with Crippen LogP contribution in [0.5, 0.6) is 0 Å². The number of aromatic nitrogens is 3. The molecule has 2 amide bonds. The van der Waals surface area contributed by atoms with E-state index in [0.717, 1.165) is 11.4 Å². The Bertz CT molecular complexity index is 635. The van der Waals surface area contributed by atoms with E-state index >= 15 is 0 Å². The highest BCUT2D eigenvalue weighted by atomic mass is 16.2. The van der Waals surface area contributed by atoms with Gasteiger partial charge in [-0.1, -0.05) is 6.07 Å². The Labute approximate surface area is 129 Å². The van der Waals surface area contributed by atoms with Crippen molar-refractivity contribution in [3.8, 4) is 0 Å². The van der Waals surface area contributed by atoms with Gasteiger partial charge in [-0.3, -0.25) is 10.3 Å². The highest BCUT2D eigenvalue weighted by Crippen LogP contribution is 2.40. The number of rotatable bonds is 5. The summed E-state index contributed by atoms with van der Waals surface area (Å²) in [4.78, 5) is 16.2. The molecule has 0 aliphatic heterocycles. The van der Waals surface area contributed by atoms with Crippen molar-refractivity contribution < 1.29 is 4.79 Å². The van der Waals surface area contributed by atoms with Gasteiger partial charge in [0.1, 0.15) is 5.82 Å². The number of carbonyl (C=O) groups excluding carboxylic acids is 1. The van der Waals surface area contributed by atoms with Crippen LogP contribution < -0.4 is 10.6 Å². The Morgan fingerprint density at radius 2 is 2.14 bits per heavy atom. The number of hydrogen-bond acceptors (Lipinski definition) is 3. The maximum absolute atomic E-state index is 12.2. The lowest BCUT2D eigenvalue weighted by Crippen LogP contribution is -2.32. The third kappa shape index (κ3) is 3.27. The molecule has 0 bridgehead atoms. The van der Waals surface area contributed by atoms with Crippen molar-refractivity contribution in [2.24, 2.45) is 5.92 Å². The molecule has 0 unspecified atom stereocenters. The summed E-state index contributed by atoms with van der Waals surface area (Å²) < 4.78 is 1.89. The lowest BCUT2D eigenvalue weighted by atomic mass is 10.1. The normalized spacial score (nSPS) is 16.8. The van der Waals surface area contributed by atoms with E-state index in [9.17, 15) is 4.79 Å². The fourth-order valence-electron chi connectivity index (χ4n) is 2.58. The van der Waals surface area contributed by atoms with Crippen LogP contribution in [0.4, 0.5) is 10.6 Å². The molecule has 2 atom stereocenters. The van der Waals surface area contributed by atoms with E-state index < -0.39 is 0 Å². The molecule has 1 saturated carbocycles. The first-order chi connectivity index (χ1) is 10.6. The standard InChI is InChI=1S/C16H21N5O/c1-11(14-4-3-8-17-10-14)19-16(22)20-15-7-9-18-21(15)12(2)13-5-6-13/h3-4,7-13H,5-6H2,1-2H3,(H2,19,20,22)/t11-,12+/m1/s1. The number of nitrogens with zero attached hydrogens (tertiary/aromatic N) is 3. The van der Waals surface area contributed by atoms with E-state index in [1.807, 2.05) is 29.8 Å². The first-order valence-corrected chi connectivity index (χ1v) is 7.66. The molecule has 2 heterocycles. The van der Waals surface area contributed by atoms with Crippen molar-refractivity contribution >= 4 is 11.8 Å². The second-order valence-corrected chi connectivity index (χ2v) is 5.85. The molecular weight excluding hydrogens is 278 g/mol. The number of carbonyl (C=O) groups is 1. The molecule has 1 aliphatic carbocycles. The molecule has 1 fully saturated rings. The molecule has 6 heteroatoms. The average Bonchev–Trinajstić information content (AvgIpc) is 3.28. The molecule has 116 valence electrons. The van der Waals surface area contributed by atoms with Crippen LogP contribution in [-0.2, 0) is 0 Å². The van der Waals surface area contributed by atoms with Crippen molar-refractivity contribution in [3.63, 3.8) is 0 Å². The first-order valence-electron chi connectivity index (χ1n) is 7.66. The van der Waals surface area contributed by atoms with Gasteiger partial charge in [0.05, 0.1) is 18.3 Å². The SMILES string of the molecule is C[C@@H](NC(=O)Nc1ccnn1[C@@H](C)C1CC1)c1cccnc1. The van der Waals surface area contributed by atoms with Crippen LogP contribution in [-0.4, -0.2) is 20.8 Å². The molecule has 3 rings (SSSR count). The summed E-state index contributed by atoms with van der Waals surface area (Å²) in [5, 5.41) is 10.1. The zero-order valence-corrected chi connectivity index (χ0v) is 12.9. The second kappa shape index (κ2) is 6.17. The monoisotopic (exact) mass is 299 g/mol. The zero-order chi connectivity index (χ0) is 15.5. The fourth-order valence-corrected chi connectivity index (χ4v) is 2.58. The highest BCUT2D eigenvalue weighted by Gasteiger charge is 2.30. The Morgan fingerprint density at radius 3 is 2.82 bits per heavy atom. The second-order valence-electron chi connectivity index (χ2n) is 5.85. The lowest BCUT2D eigenvalue weighted by Gasteiger charge is -2.17. The highest BCUT2D eigenvalue weighted by molar-refractivity contribution is 5.88.